The Balaban J connectivity index is 1.64. The van der Waals surface area contributed by atoms with Crippen LogP contribution in [0.1, 0.15) is 31.7 Å². The highest BCUT2D eigenvalue weighted by Crippen LogP contribution is 2.27. The first-order valence-electron chi connectivity index (χ1n) is 8.93. The first-order valence-corrected chi connectivity index (χ1v) is 8.93. The quantitative estimate of drug-likeness (QED) is 0.807. The first kappa shape index (κ1) is 17.7. The van der Waals surface area contributed by atoms with E-state index in [1.165, 1.54) is 4.90 Å². The van der Waals surface area contributed by atoms with E-state index in [1.807, 2.05) is 30.3 Å². The molecule has 0 saturated carbocycles. The Morgan fingerprint density at radius 3 is 2.64 bits per heavy atom. The van der Waals surface area contributed by atoms with Crippen LogP contribution in [0.25, 0.3) is 0 Å². The molecule has 0 bridgehead atoms. The van der Waals surface area contributed by atoms with Crippen LogP contribution in [0.5, 0.6) is 0 Å². The van der Waals surface area contributed by atoms with Crippen LogP contribution in [0.2, 0.25) is 0 Å². The summed E-state index contributed by atoms with van der Waals surface area (Å²) < 4.78 is 5.11. The number of hydrogen-bond acceptors (Lipinski definition) is 4. The molecule has 1 fully saturated rings. The van der Waals surface area contributed by atoms with E-state index in [2.05, 4.69) is 12.2 Å². The van der Waals surface area contributed by atoms with Crippen molar-refractivity contribution in [3.05, 3.63) is 48.0 Å². The van der Waals surface area contributed by atoms with Crippen molar-refractivity contribution in [1.29, 1.82) is 0 Å². The fourth-order valence-electron chi connectivity index (χ4n) is 3.56. The number of ether oxygens (including phenoxy) is 1. The van der Waals surface area contributed by atoms with Gasteiger partial charge in [-0.1, -0.05) is 49.4 Å². The van der Waals surface area contributed by atoms with Crippen LogP contribution in [0.3, 0.4) is 0 Å². The third kappa shape index (κ3) is 4.10. The third-order valence-electron chi connectivity index (χ3n) is 5.16. The van der Waals surface area contributed by atoms with Gasteiger partial charge in [0.15, 0.2) is 0 Å². The number of aliphatic hydroxyl groups excluding tert-OH is 1. The van der Waals surface area contributed by atoms with Gasteiger partial charge in [-0.25, -0.2) is 9.69 Å². The monoisotopic (exact) mass is 343 g/mol. The highest BCUT2D eigenvalue weighted by atomic mass is 16.6. The van der Waals surface area contributed by atoms with Gasteiger partial charge in [0.25, 0.3) is 0 Å². The molecule has 2 aliphatic rings. The molecule has 25 heavy (non-hydrogen) atoms. The highest BCUT2D eigenvalue weighted by Gasteiger charge is 2.41. The SMILES string of the molecule is C[C@H](C(=O)N1C(=O)OC[C@@H]1Cc1ccccc1)[C@H](O)CC1CC=CC1. The smallest absolute Gasteiger partial charge is 0.416 e. The number of benzene rings is 1. The van der Waals surface area contributed by atoms with Gasteiger partial charge in [0.05, 0.1) is 18.1 Å². The lowest BCUT2D eigenvalue weighted by atomic mass is 9.91. The minimum Gasteiger partial charge on any atom is -0.447 e. The number of imide groups is 1. The summed E-state index contributed by atoms with van der Waals surface area (Å²) in [6.45, 7) is 1.90. The van der Waals surface area contributed by atoms with Crippen molar-refractivity contribution in [2.75, 3.05) is 6.61 Å². The molecule has 0 spiro atoms. The number of carbonyl (C=O) groups is 2. The van der Waals surface area contributed by atoms with Crippen molar-refractivity contribution in [2.45, 2.75) is 44.8 Å². The molecule has 1 aliphatic carbocycles. The average Bonchev–Trinajstić information content (AvgIpc) is 3.24. The van der Waals surface area contributed by atoms with Gasteiger partial charge in [-0.15, -0.1) is 0 Å². The van der Waals surface area contributed by atoms with Gasteiger partial charge in [0.2, 0.25) is 5.91 Å². The van der Waals surface area contributed by atoms with Crippen molar-refractivity contribution < 1.29 is 19.4 Å². The zero-order valence-corrected chi connectivity index (χ0v) is 14.5. The molecule has 0 aromatic heterocycles. The molecular weight excluding hydrogens is 318 g/mol. The zero-order valence-electron chi connectivity index (χ0n) is 14.5. The second-order valence-electron chi connectivity index (χ2n) is 7.03. The molecule has 1 saturated heterocycles. The second-order valence-corrected chi connectivity index (χ2v) is 7.03. The average molecular weight is 343 g/mol. The van der Waals surface area contributed by atoms with Gasteiger partial charge < -0.3 is 9.84 Å². The number of amides is 2. The van der Waals surface area contributed by atoms with E-state index in [1.54, 1.807) is 6.92 Å². The van der Waals surface area contributed by atoms with Crippen LogP contribution in [-0.2, 0) is 16.0 Å². The van der Waals surface area contributed by atoms with Gasteiger partial charge in [-0.3, -0.25) is 4.79 Å². The molecule has 3 rings (SSSR count). The minimum atomic E-state index is -0.747. The molecule has 1 aliphatic heterocycles. The summed E-state index contributed by atoms with van der Waals surface area (Å²) in [5.74, 6) is -0.581. The zero-order chi connectivity index (χ0) is 17.8. The number of hydrogen-bond donors (Lipinski definition) is 1. The lowest BCUT2D eigenvalue weighted by Gasteiger charge is -2.26. The molecule has 134 valence electrons. The maximum Gasteiger partial charge on any atom is 0.416 e. The fraction of sp³-hybridized carbons (Fsp3) is 0.500. The molecule has 1 heterocycles. The third-order valence-corrected chi connectivity index (χ3v) is 5.16. The molecule has 1 aromatic carbocycles. The maximum absolute atomic E-state index is 12.8. The van der Waals surface area contributed by atoms with E-state index in [0.717, 1.165) is 18.4 Å². The van der Waals surface area contributed by atoms with Gasteiger partial charge in [0.1, 0.15) is 6.61 Å². The summed E-state index contributed by atoms with van der Waals surface area (Å²) >= 11 is 0. The largest absolute Gasteiger partial charge is 0.447 e. The van der Waals surface area contributed by atoms with Crippen molar-refractivity contribution >= 4 is 12.0 Å². The number of aliphatic hydroxyl groups is 1. The van der Waals surface area contributed by atoms with Crippen molar-refractivity contribution in [2.24, 2.45) is 11.8 Å². The van der Waals surface area contributed by atoms with Gasteiger partial charge in [0, 0.05) is 0 Å². The Kier molecular flexibility index (Phi) is 5.53. The van der Waals surface area contributed by atoms with Gasteiger partial charge in [-0.05, 0) is 37.2 Å². The van der Waals surface area contributed by atoms with Crippen molar-refractivity contribution in [1.82, 2.24) is 4.90 Å². The predicted molar refractivity (Wildman–Crippen MR) is 93.8 cm³/mol. The van der Waals surface area contributed by atoms with Gasteiger partial charge in [-0.2, -0.15) is 0 Å². The molecule has 5 nitrogen and oxygen atoms in total. The Labute approximate surface area is 148 Å². The van der Waals surface area contributed by atoms with Crippen LogP contribution < -0.4 is 0 Å². The molecule has 0 unspecified atom stereocenters. The van der Waals surface area contributed by atoms with Crippen LogP contribution in [0.15, 0.2) is 42.5 Å². The fourth-order valence-corrected chi connectivity index (χ4v) is 3.56. The molecule has 1 N–H and O–H groups in total. The first-order chi connectivity index (χ1) is 12.1. The van der Waals surface area contributed by atoms with E-state index in [0.29, 0.717) is 18.8 Å². The lowest BCUT2D eigenvalue weighted by Crippen LogP contribution is -2.46. The Morgan fingerprint density at radius 1 is 1.28 bits per heavy atom. The summed E-state index contributed by atoms with van der Waals surface area (Å²) in [4.78, 5) is 26.1. The molecule has 0 radical (unpaired) electrons. The van der Waals surface area contributed by atoms with Crippen LogP contribution in [0, 0.1) is 11.8 Å². The molecule has 3 atom stereocenters. The number of cyclic esters (lactones) is 1. The van der Waals surface area contributed by atoms with E-state index >= 15 is 0 Å². The Morgan fingerprint density at radius 2 is 1.96 bits per heavy atom. The van der Waals surface area contributed by atoms with E-state index in [4.69, 9.17) is 4.74 Å². The topological polar surface area (TPSA) is 66.8 Å². The van der Waals surface area contributed by atoms with Crippen LogP contribution in [0.4, 0.5) is 4.79 Å². The van der Waals surface area contributed by atoms with E-state index in [-0.39, 0.29) is 18.6 Å². The standard InChI is InChI=1S/C20H25NO4/c1-14(18(22)12-16-9-5-6-10-16)19(23)21-17(13-25-20(21)24)11-15-7-3-2-4-8-15/h2-8,14,16-18,22H,9-13H2,1H3/t14-,17-,18+/m0/s1. The second kappa shape index (κ2) is 7.83. The summed E-state index contributed by atoms with van der Waals surface area (Å²) in [6.07, 6.45) is 5.89. The summed E-state index contributed by atoms with van der Waals surface area (Å²) in [5.41, 5.74) is 1.05. The lowest BCUT2D eigenvalue weighted by molar-refractivity contribution is -0.136. The van der Waals surface area contributed by atoms with Crippen LogP contribution in [-0.4, -0.2) is 40.8 Å². The van der Waals surface area contributed by atoms with Crippen molar-refractivity contribution in [3.8, 4) is 0 Å². The number of rotatable bonds is 6. The maximum atomic E-state index is 12.8. The summed E-state index contributed by atoms with van der Waals surface area (Å²) in [6, 6.07) is 9.42. The molecule has 1 aromatic rings. The Hall–Kier alpha value is -2.14. The highest BCUT2D eigenvalue weighted by molar-refractivity contribution is 5.94. The predicted octanol–water partition coefficient (Wildman–Crippen LogP) is 2.93. The number of nitrogens with zero attached hydrogens (tertiary/aromatic N) is 1. The summed E-state index contributed by atoms with van der Waals surface area (Å²) in [5, 5.41) is 10.4. The molecular formula is C20H25NO4. The number of allylic oxidation sites excluding steroid dienone is 2. The molecule has 5 heteroatoms. The number of carbonyl (C=O) groups excluding carboxylic acids is 2. The minimum absolute atomic E-state index is 0.203. The van der Waals surface area contributed by atoms with Gasteiger partial charge >= 0.3 is 6.09 Å². The normalized spacial score (nSPS) is 22.9. The molecule has 2 amide bonds. The van der Waals surface area contributed by atoms with E-state index in [9.17, 15) is 14.7 Å². The van der Waals surface area contributed by atoms with E-state index < -0.39 is 18.1 Å². The summed E-state index contributed by atoms with van der Waals surface area (Å²) in [7, 11) is 0. The van der Waals surface area contributed by atoms with Crippen LogP contribution >= 0.6 is 0 Å². The Bertz CT molecular complexity index is 634. The van der Waals surface area contributed by atoms with Crippen molar-refractivity contribution in [3.63, 3.8) is 0 Å².